The third-order valence-corrected chi connectivity index (χ3v) is 24.3. The van der Waals surface area contributed by atoms with Gasteiger partial charge >= 0.3 is 0 Å². The van der Waals surface area contributed by atoms with Crippen LogP contribution >= 0.6 is 0 Å². The van der Waals surface area contributed by atoms with Gasteiger partial charge in [0, 0.05) is 20.3 Å². The van der Waals surface area contributed by atoms with Crippen LogP contribution < -0.4 is 16.0 Å². The Hall–Kier alpha value is -3.21. The van der Waals surface area contributed by atoms with E-state index in [1.165, 1.54) is 129 Å². The Kier molecular flexibility index (Phi) is 49.2. The molecule has 14 unspecified atom stereocenters. The Bertz CT molecular complexity index is 2950. The van der Waals surface area contributed by atoms with Gasteiger partial charge < -0.3 is 184 Å². The summed E-state index contributed by atoms with van der Waals surface area (Å²) in [6, 6.07) is -4.90. The van der Waals surface area contributed by atoms with E-state index >= 15 is 0 Å². The summed E-state index contributed by atoms with van der Waals surface area (Å²) in [5.41, 5.74) is 0. The van der Waals surface area contributed by atoms with Gasteiger partial charge in [0.2, 0.25) is 17.7 Å². The van der Waals surface area contributed by atoms with Crippen LogP contribution in [0.1, 0.15) is 227 Å². The molecule has 0 saturated carbocycles. The van der Waals surface area contributed by atoms with Gasteiger partial charge in [-0.2, -0.15) is 0 Å². The smallest absolute Gasteiger partial charge is 0.220 e. The lowest BCUT2D eigenvalue weighted by molar-refractivity contribution is -0.404. The molecule has 3 amide bonds. The van der Waals surface area contributed by atoms with Gasteiger partial charge in [0.15, 0.2) is 44.0 Å². The summed E-state index contributed by atoms with van der Waals surface area (Å²) < 4.78 is 84.6. The van der Waals surface area contributed by atoms with E-state index in [4.69, 9.17) is 66.3 Å². The molecule has 7 fully saturated rings. The lowest BCUT2D eigenvalue weighted by Crippen LogP contribution is -2.71. The summed E-state index contributed by atoms with van der Waals surface area (Å²) in [6.45, 7) is 0.872. The molecule has 0 radical (unpaired) electrons. The molecule has 0 aromatic rings. The zero-order valence-electron chi connectivity index (χ0n) is 72.6. The molecule has 0 aromatic heterocycles. The van der Waals surface area contributed by atoms with E-state index in [-0.39, 0.29) is 12.3 Å². The van der Waals surface area contributed by atoms with E-state index in [1.54, 1.807) is 6.08 Å². The van der Waals surface area contributed by atoms with Crippen molar-refractivity contribution in [2.24, 2.45) is 0 Å². The molecule has 7 aliphatic heterocycles. The summed E-state index contributed by atoms with van der Waals surface area (Å²) >= 11 is 0. The van der Waals surface area contributed by atoms with Crippen molar-refractivity contribution in [1.82, 2.24) is 16.0 Å². The second-order valence-corrected chi connectivity index (χ2v) is 34.2. The van der Waals surface area contributed by atoms with E-state index < -0.39 is 285 Å². The third kappa shape index (κ3) is 31.8. The highest BCUT2D eigenvalue weighted by Gasteiger charge is 2.60. The summed E-state index contributed by atoms with van der Waals surface area (Å²) in [4.78, 5) is 40.0. The second-order valence-electron chi connectivity index (χ2n) is 34.2. The van der Waals surface area contributed by atoms with Crippen LogP contribution in [0.2, 0.25) is 0 Å². The maximum atomic E-state index is 13.6. The van der Waals surface area contributed by atoms with Crippen molar-refractivity contribution < 1.29 is 183 Å². The topological polar surface area (TPSA) is 621 Å². The first-order chi connectivity index (χ1) is 59.5. The Morgan fingerprint density at radius 3 is 1.18 bits per heavy atom. The average Bonchev–Trinajstić information content (AvgIpc) is 0.761. The van der Waals surface area contributed by atoms with Crippen LogP contribution in [-0.2, 0) is 80.7 Å². The Morgan fingerprint density at radius 1 is 0.331 bits per heavy atom. The molecular weight excluding hydrogens is 1640 g/mol. The molecule has 40 nitrogen and oxygen atoms in total. The predicted molar refractivity (Wildman–Crippen MR) is 434 cm³/mol. The molecule has 40 heteroatoms. The Balaban J connectivity index is 1.05. The van der Waals surface area contributed by atoms with Crippen LogP contribution in [0.15, 0.2) is 12.2 Å². The van der Waals surface area contributed by atoms with Crippen molar-refractivity contribution in [1.29, 1.82) is 0 Å². The first-order valence-electron chi connectivity index (χ1n) is 45.3. The number of hydrogen-bond acceptors (Lipinski definition) is 37. The molecule has 124 heavy (non-hydrogen) atoms. The van der Waals surface area contributed by atoms with Gasteiger partial charge in [0.1, 0.15) is 165 Å². The van der Waals surface area contributed by atoms with E-state index in [9.17, 15) is 117 Å². The highest BCUT2D eigenvalue weighted by Crippen LogP contribution is 2.40. The quantitative estimate of drug-likeness (QED) is 0.0216. The molecule has 0 aromatic carbocycles. The number of nitrogens with one attached hydrogen (secondary N) is 3. The van der Waals surface area contributed by atoms with Crippen LogP contribution in [0.4, 0.5) is 0 Å². The van der Waals surface area contributed by atoms with Crippen LogP contribution in [-0.4, -0.2) is 393 Å². The van der Waals surface area contributed by atoms with Gasteiger partial charge in [-0.1, -0.05) is 193 Å². The first kappa shape index (κ1) is 108. The fraction of sp³-hybridized carbons (Fsp3) is 0.940. The molecule has 0 aliphatic carbocycles. The van der Waals surface area contributed by atoms with Crippen molar-refractivity contribution >= 4 is 17.7 Å². The maximum absolute atomic E-state index is 13.6. The van der Waals surface area contributed by atoms with Crippen molar-refractivity contribution in [2.75, 3.05) is 46.2 Å². The van der Waals surface area contributed by atoms with E-state index in [2.05, 4.69) is 29.8 Å². The van der Waals surface area contributed by atoms with Crippen LogP contribution in [0.5, 0.6) is 0 Å². The van der Waals surface area contributed by atoms with Gasteiger partial charge in [0.05, 0.1) is 64.5 Å². The summed E-state index contributed by atoms with van der Waals surface area (Å²) in [7, 11) is 0. The Morgan fingerprint density at radius 2 is 0.677 bits per heavy atom. The zero-order valence-corrected chi connectivity index (χ0v) is 72.6. The molecule has 7 aliphatic rings. The number of allylic oxidation sites excluding steroid dienone is 1. The monoisotopic (exact) mass is 1790 g/mol. The van der Waals surface area contributed by atoms with Crippen molar-refractivity contribution in [2.45, 2.75) is 454 Å². The minimum atomic E-state index is -2.26. The lowest BCUT2D eigenvalue weighted by Gasteiger charge is -2.52. The standard InChI is InChI=1S/C84H151N3O37/c1-6-8-10-12-14-16-18-20-21-22-23-25-27-29-31-33-35-37-56(97)87-48(49(96)36-34-32-30-28-26-24-19-17-15-13-11-9-7-2)44-111-80-70(109)67(106)73(55(43-93)118-80)119-83-71(110)75(62(101)52(40-90)115-83)122-78-57(85-46(4)94)64(103)72(54(42-92)117-78)120-84-77(124-81-68(107)65(104)59(98)45(3)112-81)76(63(102)53(41-91)116-84)123-79-58(86-47(5)95)74(61(100)51(39-89)113-79)121-82-69(108)66(105)60(99)50(38-88)114-82/h34,36,45,48-55,57-84,88-93,96,98-110H,6-33,35,37-44H2,1-5H3,(H,85,94)(H,86,95)(H,87,97)/b36-34+/t45?,48-,49+,50?,51?,52?,53?,54?,55?,57?,58?,59+,60-,61-,62-,63-,64+,65?,66-,67+,68-,69?,70?,71?,72+,73+,74+,75-,76-,77?,78-,79+,80+,81+,82-,83-,84-/m0/s1. The van der Waals surface area contributed by atoms with Gasteiger partial charge in [-0.3, -0.25) is 14.4 Å². The summed E-state index contributed by atoms with van der Waals surface area (Å²) in [5.74, 6) is -2.18. The molecular formula is C84H151N3O37. The summed E-state index contributed by atoms with van der Waals surface area (Å²) in [6.07, 6.45) is -29.9. The predicted octanol–water partition coefficient (Wildman–Crippen LogP) is -2.79. The minimum Gasteiger partial charge on any atom is -0.394 e. The SMILES string of the molecule is CCCCCCCCCCCCC/C=C/[C@@H](O)[C@H](CO[C@@H]1OC(CO)[C@@H](O[C@@H]2OC(CO)[C@H](O)[C@H](O[C@@H]3OC(CO)[C@@H](O[C@@H]4OC(CO)[C@H](O)[C@H](O[C@H]5OC(CO)[C@H](O)[C@H](O[C@@H]6OC(CO)[C@H](O)[C@H](O)C6O)C5NC(C)=O)C4O[C@H]4OC(C)[C@@H](O)C(O)[C@@H]4O)[C@H](O)C3NC(C)=O)C2O)[C@H](O)C1O)NC(=O)CCCCCCCCCCCCCCCCCCC. The van der Waals surface area contributed by atoms with Crippen molar-refractivity contribution in [3.8, 4) is 0 Å². The number of aliphatic hydroxyl groups excluding tert-OH is 20. The largest absolute Gasteiger partial charge is 0.394 e. The molecule has 0 spiro atoms. The lowest BCUT2D eigenvalue weighted by atomic mass is 9.93. The molecule has 7 saturated heterocycles. The molecule has 37 atom stereocenters. The van der Waals surface area contributed by atoms with E-state index in [0.717, 1.165) is 65.2 Å². The zero-order chi connectivity index (χ0) is 90.7. The van der Waals surface area contributed by atoms with Crippen LogP contribution in [0.3, 0.4) is 0 Å². The first-order valence-corrected chi connectivity index (χ1v) is 45.3. The average molecular weight is 1800 g/mol. The molecule has 23 N–H and O–H groups in total. The fourth-order valence-corrected chi connectivity index (χ4v) is 16.9. The van der Waals surface area contributed by atoms with Gasteiger partial charge in [0.25, 0.3) is 0 Å². The number of unbranched alkanes of at least 4 members (excludes halogenated alkanes) is 27. The fourth-order valence-electron chi connectivity index (χ4n) is 16.9. The highest BCUT2D eigenvalue weighted by molar-refractivity contribution is 5.76. The third-order valence-electron chi connectivity index (χ3n) is 24.3. The maximum Gasteiger partial charge on any atom is 0.220 e. The molecule has 7 heterocycles. The highest BCUT2D eigenvalue weighted by atomic mass is 16.8. The van der Waals surface area contributed by atoms with Crippen LogP contribution in [0.25, 0.3) is 0 Å². The van der Waals surface area contributed by atoms with E-state index in [0.29, 0.717) is 12.8 Å². The van der Waals surface area contributed by atoms with E-state index in [1.807, 2.05) is 6.08 Å². The summed E-state index contributed by atoms with van der Waals surface area (Å²) in [5, 5.41) is 233. The minimum absolute atomic E-state index is 0.159. The Labute approximate surface area is 726 Å². The second kappa shape index (κ2) is 56.6. The molecule has 0 bridgehead atoms. The van der Waals surface area contributed by atoms with Crippen molar-refractivity contribution in [3.63, 3.8) is 0 Å². The van der Waals surface area contributed by atoms with Crippen molar-refractivity contribution in [3.05, 3.63) is 12.2 Å². The number of carbonyl (C=O) groups excluding carboxylic acids is 3. The van der Waals surface area contributed by atoms with Gasteiger partial charge in [-0.05, 0) is 26.2 Å². The number of ether oxygens (including phenoxy) is 14. The van der Waals surface area contributed by atoms with Crippen LogP contribution in [0, 0.1) is 0 Å². The number of rotatable bonds is 56. The number of hydrogen-bond donors (Lipinski definition) is 23. The van der Waals surface area contributed by atoms with Gasteiger partial charge in [-0.15, -0.1) is 0 Å². The molecule has 7 rings (SSSR count). The number of aliphatic hydroxyl groups is 20. The molecule has 724 valence electrons. The van der Waals surface area contributed by atoms with Gasteiger partial charge in [-0.25, -0.2) is 0 Å². The number of carbonyl (C=O) groups is 3. The normalized spacial score (nSPS) is 38.5. The number of amides is 3.